The lowest BCUT2D eigenvalue weighted by Crippen LogP contribution is -2.45. The van der Waals surface area contributed by atoms with Crippen LogP contribution in [0.15, 0.2) is 4.99 Å². The van der Waals surface area contributed by atoms with Crippen LogP contribution in [-0.4, -0.2) is 50.2 Å². The van der Waals surface area contributed by atoms with E-state index in [1.807, 2.05) is 25.7 Å². The van der Waals surface area contributed by atoms with E-state index in [1.54, 1.807) is 0 Å². The minimum Gasteiger partial charge on any atom is -0.466 e. The van der Waals surface area contributed by atoms with Crippen molar-refractivity contribution in [3.63, 3.8) is 0 Å². The summed E-state index contributed by atoms with van der Waals surface area (Å²) in [6.07, 6.45) is 8.34. The van der Waals surface area contributed by atoms with Gasteiger partial charge in [0.05, 0.1) is 12.5 Å². The van der Waals surface area contributed by atoms with Gasteiger partial charge in [-0.05, 0) is 57.5 Å². The van der Waals surface area contributed by atoms with Gasteiger partial charge >= 0.3 is 5.97 Å². The van der Waals surface area contributed by atoms with Crippen molar-refractivity contribution in [2.75, 3.05) is 32.2 Å². The molecule has 1 saturated carbocycles. The first-order valence-electron chi connectivity index (χ1n) is 8.34. The van der Waals surface area contributed by atoms with E-state index < -0.39 is 0 Å². The van der Waals surface area contributed by atoms with Crippen molar-refractivity contribution in [1.82, 2.24) is 10.6 Å². The highest BCUT2D eigenvalue weighted by Crippen LogP contribution is 2.25. The highest BCUT2D eigenvalue weighted by Gasteiger charge is 2.27. The van der Waals surface area contributed by atoms with Crippen LogP contribution in [0, 0.1) is 5.92 Å². The molecule has 1 aliphatic carbocycles. The summed E-state index contributed by atoms with van der Waals surface area (Å²) < 4.78 is 5.11. The highest BCUT2D eigenvalue weighted by atomic mass is 32.2. The Balaban J connectivity index is 2.22. The Morgan fingerprint density at radius 3 is 2.59 bits per heavy atom. The summed E-state index contributed by atoms with van der Waals surface area (Å²) in [5.74, 6) is 2.14. The molecule has 0 radical (unpaired) electrons. The molecule has 128 valence electrons. The molecular weight excluding hydrogens is 298 g/mol. The molecule has 6 heteroatoms. The Labute approximate surface area is 139 Å². The zero-order valence-corrected chi connectivity index (χ0v) is 15.0. The number of rotatable bonds is 8. The van der Waals surface area contributed by atoms with E-state index in [2.05, 4.69) is 21.9 Å². The van der Waals surface area contributed by atoms with Gasteiger partial charge in [0.2, 0.25) is 0 Å². The van der Waals surface area contributed by atoms with E-state index in [-0.39, 0.29) is 11.9 Å². The van der Waals surface area contributed by atoms with Gasteiger partial charge in [-0.25, -0.2) is 0 Å². The molecule has 2 N–H and O–H groups in total. The zero-order valence-electron chi connectivity index (χ0n) is 14.2. The van der Waals surface area contributed by atoms with Gasteiger partial charge in [-0.2, -0.15) is 11.8 Å². The number of hydrogen-bond donors (Lipinski definition) is 2. The molecule has 0 atom stereocenters. The number of ether oxygens (including phenoxy) is 1. The number of carbonyl (C=O) groups is 1. The Hall–Kier alpha value is -0.910. The topological polar surface area (TPSA) is 62.7 Å². The lowest BCUT2D eigenvalue weighted by atomic mass is 9.86. The minimum atomic E-state index is -0.0303. The van der Waals surface area contributed by atoms with Crippen molar-refractivity contribution in [1.29, 1.82) is 0 Å². The summed E-state index contributed by atoms with van der Waals surface area (Å²) in [7, 11) is 1.81. The maximum Gasteiger partial charge on any atom is 0.308 e. The van der Waals surface area contributed by atoms with Gasteiger partial charge in [0.15, 0.2) is 5.96 Å². The summed E-state index contributed by atoms with van der Waals surface area (Å²) in [5, 5.41) is 6.84. The molecule has 0 saturated heterocycles. The van der Waals surface area contributed by atoms with E-state index >= 15 is 0 Å². The number of aliphatic imine (C=N–C) groups is 1. The molecular formula is C16H31N3O2S. The summed E-state index contributed by atoms with van der Waals surface area (Å²) >= 11 is 1.89. The fraction of sp³-hybridized carbons (Fsp3) is 0.875. The van der Waals surface area contributed by atoms with Crippen LogP contribution in [0.4, 0.5) is 0 Å². The molecule has 22 heavy (non-hydrogen) atoms. The molecule has 0 heterocycles. The SMILES string of the molecule is CCOC(=O)C1CCC(NC(=NC)NCCCCSC)CC1. The average Bonchev–Trinajstić information content (AvgIpc) is 2.54. The van der Waals surface area contributed by atoms with Gasteiger partial charge in [0.25, 0.3) is 0 Å². The first kappa shape index (κ1) is 19.1. The van der Waals surface area contributed by atoms with Crippen molar-refractivity contribution in [2.45, 2.75) is 51.5 Å². The molecule has 0 spiro atoms. The first-order valence-corrected chi connectivity index (χ1v) is 9.73. The largest absolute Gasteiger partial charge is 0.466 e. The van der Waals surface area contributed by atoms with Crippen molar-refractivity contribution < 1.29 is 9.53 Å². The van der Waals surface area contributed by atoms with Crippen molar-refractivity contribution >= 4 is 23.7 Å². The maximum absolute atomic E-state index is 11.7. The summed E-state index contributed by atoms with van der Waals surface area (Å²) in [6.45, 7) is 3.29. The van der Waals surface area contributed by atoms with E-state index in [1.165, 1.54) is 12.2 Å². The van der Waals surface area contributed by atoms with Gasteiger partial charge < -0.3 is 15.4 Å². The van der Waals surface area contributed by atoms with Gasteiger partial charge in [0.1, 0.15) is 0 Å². The third-order valence-electron chi connectivity index (χ3n) is 3.98. The van der Waals surface area contributed by atoms with Crippen molar-refractivity contribution in [3.05, 3.63) is 0 Å². The van der Waals surface area contributed by atoms with E-state index in [4.69, 9.17) is 4.74 Å². The summed E-state index contributed by atoms with van der Waals surface area (Å²) in [4.78, 5) is 16.0. The number of thioether (sulfide) groups is 1. The average molecular weight is 330 g/mol. The van der Waals surface area contributed by atoms with Crippen LogP contribution < -0.4 is 10.6 Å². The van der Waals surface area contributed by atoms with Crippen LogP contribution in [0.1, 0.15) is 45.4 Å². The van der Waals surface area contributed by atoms with Gasteiger partial charge in [-0.15, -0.1) is 0 Å². The Bertz CT molecular complexity index is 342. The van der Waals surface area contributed by atoms with Crippen LogP contribution in [0.25, 0.3) is 0 Å². The van der Waals surface area contributed by atoms with Crippen molar-refractivity contribution in [2.24, 2.45) is 10.9 Å². The summed E-state index contributed by atoms with van der Waals surface area (Å²) in [5.41, 5.74) is 0. The Morgan fingerprint density at radius 1 is 1.27 bits per heavy atom. The number of guanidine groups is 1. The van der Waals surface area contributed by atoms with Crippen LogP contribution >= 0.6 is 11.8 Å². The number of hydrogen-bond acceptors (Lipinski definition) is 4. The molecule has 0 aromatic carbocycles. The zero-order chi connectivity index (χ0) is 16.2. The van der Waals surface area contributed by atoms with Crippen LogP contribution in [0.3, 0.4) is 0 Å². The second-order valence-corrected chi connectivity index (χ2v) is 6.63. The van der Waals surface area contributed by atoms with E-state index in [0.717, 1.165) is 44.6 Å². The molecule has 0 bridgehead atoms. The monoisotopic (exact) mass is 329 g/mol. The van der Waals surface area contributed by atoms with E-state index in [0.29, 0.717) is 12.6 Å². The van der Waals surface area contributed by atoms with Crippen LogP contribution in [-0.2, 0) is 9.53 Å². The number of carbonyl (C=O) groups excluding carboxylic acids is 1. The highest BCUT2D eigenvalue weighted by molar-refractivity contribution is 7.98. The van der Waals surface area contributed by atoms with E-state index in [9.17, 15) is 4.79 Å². The number of nitrogens with one attached hydrogen (secondary N) is 2. The fourth-order valence-electron chi connectivity index (χ4n) is 2.70. The summed E-state index contributed by atoms with van der Waals surface area (Å²) in [6, 6.07) is 0.406. The molecule has 1 rings (SSSR count). The lowest BCUT2D eigenvalue weighted by molar-refractivity contribution is -0.149. The minimum absolute atomic E-state index is 0.0303. The molecule has 0 aromatic rings. The smallest absolute Gasteiger partial charge is 0.308 e. The predicted molar refractivity (Wildman–Crippen MR) is 94.5 cm³/mol. The Kier molecular flexibility index (Phi) is 10.1. The molecule has 0 amide bonds. The quantitative estimate of drug-likeness (QED) is 0.310. The van der Waals surface area contributed by atoms with Gasteiger partial charge in [-0.1, -0.05) is 0 Å². The van der Waals surface area contributed by atoms with Crippen molar-refractivity contribution in [3.8, 4) is 0 Å². The second-order valence-electron chi connectivity index (χ2n) is 5.64. The molecule has 0 aromatic heterocycles. The number of esters is 1. The predicted octanol–water partition coefficient (Wildman–Crippen LogP) is 2.42. The second kappa shape index (κ2) is 11.6. The fourth-order valence-corrected chi connectivity index (χ4v) is 3.19. The standard InChI is InChI=1S/C16H31N3O2S/c1-4-21-15(20)13-7-9-14(10-8-13)19-16(17-2)18-11-5-6-12-22-3/h13-14H,4-12H2,1-3H3,(H2,17,18,19). The molecule has 1 aliphatic rings. The molecule has 5 nitrogen and oxygen atoms in total. The van der Waals surface area contributed by atoms with Crippen LogP contribution in [0.5, 0.6) is 0 Å². The first-order chi connectivity index (χ1) is 10.7. The Morgan fingerprint density at radius 2 is 2.00 bits per heavy atom. The normalized spacial score (nSPS) is 22.2. The molecule has 0 unspecified atom stereocenters. The van der Waals surface area contributed by atoms with Gasteiger partial charge in [-0.3, -0.25) is 9.79 Å². The maximum atomic E-state index is 11.7. The third-order valence-corrected chi connectivity index (χ3v) is 4.68. The van der Waals surface area contributed by atoms with Crippen LogP contribution in [0.2, 0.25) is 0 Å². The van der Waals surface area contributed by atoms with Gasteiger partial charge in [0, 0.05) is 19.6 Å². The third kappa shape index (κ3) is 7.38. The number of unbranched alkanes of at least 4 members (excludes halogenated alkanes) is 1. The lowest BCUT2D eigenvalue weighted by Gasteiger charge is -2.29. The molecule has 1 fully saturated rings. The molecule has 0 aliphatic heterocycles. The number of nitrogens with zero attached hydrogens (tertiary/aromatic N) is 1.